The minimum atomic E-state index is -0.0429. The average Bonchev–Trinajstić information content (AvgIpc) is 1.57. The quantitative estimate of drug-likeness (QED) is 0.174. The van der Waals surface area contributed by atoms with Gasteiger partial charge in [-0.25, -0.2) is 0 Å². The number of hydrogen-bond acceptors (Lipinski definition) is 7. The number of hydrogen-bond donors (Lipinski definition) is 0. The molecule has 18 rings (SSSR count). The van der Waals surface area contributed by atoms with Crippen LogP contribution < -0.4 is 0 Å². The van der Waals surface area contributed by atoms with Gasteiger partial charge in [0.15, 0.2) is 0 Å². The molecule has 14 aromatic carbocycles. The summed E-state index contributed by atoms with van der Waals surface area (Å²) in [6.07, 6.45) is 0. The van der Waals surface area contributed by atoms with Gasteiger partial charge in [0, 0.05) is 67.7 Å². The molecule has 2 aliphatic carbocycles. The number of nitriles is 5. The molecule has 0 aliphatic heterocycles. The highest BCUT2D eigenvalue weighted by Crippen LogP contribution is 2.55. The van der Waals surface area contributed by atoms with Gasteiger partial charge >= 0.3 is 0 Å². The lowest BCUT2D eigenvalue weighted by molar-refractivity contribution is 0.584. The van der Waals surface area contributed by atoms with Crippen LogP contribution in [0.5, 0.6) is 0 Å². The second-order valence-electron chi connectivity index (χ2n) is 38.5. The number of rotatable bonds is 4. The zero-order chi connectivity index (χ0) is 86.6. The highest BCUT2D eigenvalue weighted by molar-refractivity contribution is 7.26. The van der Waals surface area contributed by atoms with Crippen molar-refractivity contribution in [2.24, 2.45) is 0 Å². The third kappa shape index (κ3) is 16.6. The summed E-state index contributed by atoms with van der Waals surface area (Å²) in [6, 6.07) is 107. The maximum Gasteiger partial charge on any atom is 0.0998 e. The van der Waals surface area contributed by atoms with Gasteiger partial charge in [0.1, 0.15) is 0 Å². The smallest absolute Gasteiger partial charge is 0.0998 e. The van der Waals surface area contributed by atoms with Crippen molar-refractivity contribution in [3.05, 3.63) is 356 Å². The fourth-order valence-electron chi connectivity index (χ4n) is 17.5. The van der Waals surface area contributed by atoms with Crippen LogP contribution in [-0.2, 0) is 37.9 Å². The van der Waals surface area contributed by atoms with E-state index in [1.807, 2.05) is 102 Å². The third-order valence-electron chi connectivity index (χ3n) is 24.2. The molecule has 0 bridgehead atoms. The minimum Gasteiger partial charge on any atom is -0.192 e. The molecule has 5 nitrogen and oxygen atoms in total. The van der Waals surface area contributed by atoms with Crippen molar-refractivity contribution in [1.82, 2.24) is 0 Å². The van der Waals surface area contributed by atoms with Gasteiger partial charge in [-0.15, -0.1) is 22.7 Å². The summed E-state index contributed by atoms with van der Waals surface area (Å²) in [4.78, 5) is 0. The number of fused-ring (bicyclic) bond motifs is 13. The Bertz CT molecular complexity index is 6980. The predicted octanol–water partition coefficient (Wildman–Crippen LogP) is 31.8. The maximum atomic E-state index is 9.50. The average molecular weight is 1610 g/mol. The largest absolute Gasteiger partial charge is 0.192 e. The van der Waals surface area contributed by atoms with Crippen LogP contribution in [0.15, 0.2) is 273 Å². The Kier molecular flexibility index (Phi) is 22.9. The van der Waals surface area contributed by atoms with Crippen molar-refractivity contribution >= 4 is 73.8 Å². The Morgan fingerprint density at radius 3 is 1.39 bits per heavy atom. The van der Waals surface area contributed by atoms with Crippen molar-refractivity contribution in [3.63, 3.8) is 0 Å². The van der Waals surface area contributed by atoms with Crippen LogP contribution in [0.1, 0.15) is 215 Å². The van der Waals surface area contributed by atoms with Gasteiger partial charge in [-0.05, 0) is 218 Å². The molecule has 0 fully saturated rings. The Morgan fingerprint density at radius 1 is 0.264 bits per heavy atom. The van der Waals surface area contributed by atoms with E-state index in [0.717, 1.165) is 60.8 Å². The Morgan fingerprint density at radius 2 is 0.752 bits per heavy atom. The fraction of sp³-hybridized carbons (Fsp3) is 0.237. The van der Waals surface area contributed by atoms with Crippen molar-refractivity contribution in [2.75, 3.05) is 0 Å². The first-order valence-electron chi connectivity index (χ1n) is 41.8. The van der Waals surface area contributed by atoms with E-state index in [1.165, 1.54) is 135 Å². The van der Waals surface area contributed by atoms with Gasteiger partial charge in [-0.1, -0.05) is 337 Å². The van der Waals surface area contributed by atoms with Crippen LogP contribution in [0, 0.1) is 63.6 Å². The lowest BCUT2D eigenvalue weighted by Gasteiger charge is -2.25. The molecule has 0 saturated carbocycles. The molecule has 2 aromatic heterocycles. The summed E-state index contributed by atoms with van der Waals surface area (Å²) in [5.74, 6) is 0. The van der Waals surface area contributed by atoms with Gasteiger partial charge in [0.25, 0.3) is 0 Å². The van der Waals surface area contributed by atoms with Crippen LogP contribution >= 0.6 is 22.7 Å². The molecule has 2 heterocycles. The van der Waals surface area contributed by atoms with Crippen LogP contribution in [0.2, 0.25) is 0 Å². The molecule has 7 heteroatoms. The Balaban J connectivity index is 0.000000125. The van der Waals surface area contributed by atoms with E-state index in [2.05, 4.69) is 363 Å². The minimum absolute atomic E-state index is 0.00103. The molecule has 0 spiro atoms. The topological polar surface area (TPSA) is 119 Å². The van der Waals surface area contributed by atoms with Crippen LogP contribution in [0.3, 0.4) is 0 Å². The highest BCUT2D eigenvalue weighted by atomic mass is 32.1. The number of benzene rings is 14. The fourth-order valence-corrected chi connectivity index (χ4v) is 19.9. The first-order valence-corrected chi connectivity index (χ1v) is 43.4. The molecule has 598 valence electrons. The molecule has 16 aromatic rings. The van der Waals surface area contributed by atoms with Gasteiger partial charge in [0.2, 0.25) is 0 Å². The van der Waals surface area contributed by atoms with Crippen molar-refractivity contribution in [1.29, 1.82) is 26.3 Å². The summed E-state index contributed by atoms with van der Waals surface area (Å²) in [5.41, 5.74) is 31.7. The molecular weight excluding hydrogens is 1500 g/mol. The molecule has 0 amide bonds. The van der Waals surface area contributed by atoms with Gasteiger partial charge in [0.05, 0.1) is 58.2 Å². The van der Waals surface area contributed by atoms with E-state index in [4.69, 9.17) is 5.26 Å². The highest BCUT2D eigenvalue weighted by Gasteiger charge is 2.40. The Hall–Kier alpha value is -12.8. The van der Waals surface area contributed by atoms with Crippen molar-refractivity contribution in [2.45, 2.75) is 176 Å². The first-order chi connectivity index (χ1) is 57.4. The Labute approximate surface area is 724 Å². The summed E-state index contributed by atoms with van der Waals surface area (Å²) in [7, 11) is 0. The predicted molar refractivity (Wildman–Crippen MR) is 514 cm³/mol. The van der Waals surface area contributed by atoms with Gasteiger partial charge in [-0.2, -0.15) is 26.3 Å². The van der Waals surface area contributed by atoms with E-state index in [1.54, 1.807) is 0 Å². The molecular formula is C114H105N5S2. The number of thiophene rings is 2. The number of aryl methyl sites for hydroxylation is 1. The molecule has 2 aliphatic rings. The van der Waals surface area contributed by atoms with Crippen LogP contribution in [0.4, 0.5) is 0 Å². The van der Waals surface area contributed by atoms with Crippen LogP contribution in [-0.4, -0.2) is 0 Å². The van der Waals surface area contributed by atoms with Crippen molar-refractivity contribution in [3.8, 4) is 97.1 Å². The molecule has 0 saturated heterocycles. The lowest BCUT2D eigenvalue weighted by atomic mass is 9.79. The van der Waals surface area contributed by atoms with E-state index in [9.17, 15) is 21.0 Å². The third-order valence-corrected chi connectivity index (χ3v) is 26.5. The van der Waals surface area contributed by atoms with Crippen LogP contribution in [0.25, 0.3) is 118 Å². The van der Waals surface area contributed by atoms with Gasteiger partial charge in [-0.3, -0.25) is 0 Å². The normalized spacial score (nSPS) is 12.9. The zero-order valence-corrected chi connectivity index (χ0v) is 75.2. The summed E-state index contributed by atoms with van der Waals surface area (Å²) in [5, 5.41) is 54.2. The standard InChI is InChI=1S/C27H21NS.C26H25N.C23H19NS.C20H21N.C18H19N/c1-27(2,3)23-11-6-12-25-26(23)22-15-17(13-14-24(22)29-25)19-8-5-9-20-18(16-28)7-4-10-21(19)20;1-25(2,3)22-10-7-11-23-24(22)20-15-19(12-13-21(20)26(23,4)5)18-9-6-8-17(14-18)16-27;1-23(2,3)19-12-7-13-20-21(19)18-11-6-10-17(22(18)25-20)16-9-5-4-8-15(16)14-24;1-19(2,3)14-7-9-16-15-8-6-13(12-21)10-17(15)20(4,5)18(16)11-14;1-13-5-7-14(8-6-13)17-10-9-16(18(2,3)4)11-15(17)12-19/h4-15H,1-3H3;6-15H,1-5H3;4-13H,1-3H3;6-11H,1-5H3;5-11H,1-4H3. The lowest BCUT2D eigenvalue weighted by Crippen LogP contribution is -2.17. The first kappa shape index (κ1) is 84.7. The second kappa shape index (κ2) is 32.7. The molecule has 0 unspecified atom stereocenters. The summed E-state index contributed by atoms with van der Waals surface area (Å²) < 4.78 is 5.23. The SMILES string of the molecule is CC(C)(C)c1ccc2c(c1)C(C)(C)c1cc(C#N)ccc1-2.CC(C)(C)c1cccc2c1-c1cc(-c3cccc(C#N)c3)ccc1C2(C)C.CC(C)(C)c1cccc2sc3c(-c4ccccc4C#N)cccc3c12.CC(C)(C)c1cccc2sc3ccc(-c4cccc5c(C#N)cccc45)cc3c12.Cc1ccc(-c2ccc(C(C)(C)C)cc2C#N)cc1. The zero-order valence-electron chi connectivity index (χ0n) is 73.5. The van der Waals surface area contributed by atoms with Crippen molar-refractivity contribution < 1.29 is 0 Å². The second-order valence-corrected chi connectivity index (χ2v) is 40.6. The van der Waals surface area contributed by atoms with E-state index in [-0.39, 0.29) is 37.9 Å². The summed E-state index contributed by atoms with van der Waals surface area (Å²) >= 11 is 3.69. The summed E-state index contributed by atoms with van der Waals surface area (Å²) in [6.45, 7) is 44.9. The van der Waals surface area contributed by atoms with Gasteiger partial charge < -0.3 is 0 Å². The maximum absolute atomic E-state index is 9.50. The van der Waals surface area contributed by atoms with E-state index < -0.39 is 0 Å². The molecule has 0 N–H and O–H groups in total. The molecule has 121 heavy (non-hydrogen) atoms. The monoisotopic (exact) mass is 1610 g/mol. The molecule has 0 atom stereocenters. The van der Waals surface area contributed by atoms with E-state index in [0.29, 0.717) is 5.56 Å². The number of nitrogens with zero attached hydrogens (tertiary/aromatic N) is 5. The van der Waals surface area contributed by atoms with E-state index >= 15 is 0 Å². The molecule has 0 radical (unpaired) electrons.